The van der Waals surface area contributed by atoms with Crippen LogP contribution in [0.3, 0.4) is 0 Å². The summed E-state index contributed by atoms with van der Waals surface area (Å²) in [7, 11) is 0. The molecule has 0 spiro atoms. The van der Waals surface area contributed by atoms with Gasteiger partial charge in [0, 0.05) is 11.1 Å². The van der Waals surface area contributed by atoms with Crippen molar-refractivity contribution in [1.29, 1.82) is 0 Å². The Labute approximate surface area is 117 Å². The fourth-order valence-electron chi connectivity index (χ4n) is 2.14. The summed E-state index contributed by atoms with van der Waals surface area (Å²) in [5, 5.41) is 19.7. The van der Waals surface area contributed by atoms with E-state index in [1.165, 1.54) is 0 Å². The van der Waals surface area contributed by atoms with Crippen molar-refractivity contribution < 1.29 is 19.7 Å². The van der Waals surface area contributed by atoms with Crippen LogP contribution in [0.2, 0.25) is 5.02 Å². The zero-order chi connectivity index (χ0) is 14.0. The molecule has 5 heteroatoms. The van der Waals surface area contributed by atoms with E-state index in [0.717, 1.165) is 5.56 Å². The smallest absolute Gasteiger partial charge is 0.162 e. The van der Waals surface area contributed by atoms with E-state index in [1.54, 1.807) is 13.0 Å². The van der Waals surface area contributed by atoms with E-state index in [9.17, 15) is 10.2 Å². The Morgan fingerprint density at radius 1 is 1.16 bits per heavy atom. The molecule has 0 fully saturated rings. The Bertz CT molecular complexity index is 447. The van der Waals surface area contributed by atoms with Gasteiger partial charge >= 0.3 is 0 Å². The highest BCUT2D eigenvalue weighted by Gasteiger charge is 2.21. The summed E-state index contributed by atoms with van der Waals surface area (Å²) < 4.78 is 11.0. The van der Waals surface area contributed by atoms with Gasteiger partial charge in [-0.1, -0.05) is 18.5 Å². The maximum atomic E-state index is 9.74. The molecule has 4 nitrogen and oxygen atoms in total. The molecule has 2 rings (SSSR count). The molecule has 0 saturated carbocycles. The number of rotatable bonds is 4. The van der Waals surface area contributed by atoms with Gasteiger partial charge in [0.1, 0.15) is 13.2 Å². The molecule has 106 valence electrons. The fraction of sp³-hybridized carbons (Fsp3) is 0.571. The second kappa shape index (κ2) is 5.99. The van der Waals surface area contributed by atoms with E-state index in [0.29, 0.717) is 36.2 Å². The monoisotopic (exact) mass is 286 g/mol. The summed E-state index contributed by atoms with van der Waals surface area (Å²) in [6.45, 7) is 4.59. The van der Waals surface area contributed by atoms with Crippen molar-refractivity contribution in [2.75, 3.05) is 13.2 Å². The largest absolute Gasteiger partial charge is 0.486 e. The van der Waals surface area contributed by atoms with Crippen molar-refractivity contribution in [3.63, 3.8) is 0 Å². The number of fused-ring (bicyclic) bond motifs is 1. The molecule has 1 heterocycles. The lowest BCUT2D eigenvalue weighted by Crippen LogP contribution is -2.24. The lowest BCUT2D eigenvalue weighted by atomic mass is 9.93. The van der Waals surface area contributed by atoms with E-state index in [2.05, 4.69) is 0 Å². The molecule has 1 aromatic carbocycles. The molecule has 19 heavy (non-hydrogen) atoms. The Hall–Kier alpha value is -0.970. The normalized spacial score (nSPS) is 18.8. The first-order valence-electron chi connectivity index (χ1n) is 6.44. The number of aliphatic hydroxyl groups excluding tert-OH is 2. The minimum atomic E-state index is -0.765. The molecule has 0 aromatic heterocycles. The predicted molar refractivity (Wildman–Crippen MR) is 73.2 cm³/mol. The van der Waals surface area contributed by atoms with Gasteiger partial charge in [-0.2, -0.15) is 0 Å². The summed E-state index contributed by atoms with van der Waals surface area (Å²) in [5.74, 6) is 1.36. The quantitative estimate of drug-likeness (QED) is 0.892. The van der Waals surface area contributed by atoms with Crippen LogP contribution >= 0.6 is 11.6 Å². The van der Waals surface area contributed by atoms with E-state index in [-0.39, 0.29) is 5.92 Å². The SMILES string of the molecule is CC(CC(O)C(C)O)c1cc2c(cc1Cl)OCCO2. The molecule has 3 atom stereocenters. The maximum absolute atomic E-state index is 9.74. The van der Waals surface area contributed by atoms with Gasteiger partial charge in [0.25, 0.3) is 0 Å². The predicted octanol–water partition coefficient (Wildman–Crippen LogP) is 2.35. The average molecular weight is 287 g/mol. The van der Waals surface area contributed by atoms with Crippen LogP contribution < -0.4 is 9.47 Å². The summed E-state index contributed by atoms with van der Waals surface area (Å²) in [5.41, 5.74) is 0.894. The Kier molecular flexibility index (Phi) is 4.55. The highest BCUT2D eigenvalue weighted by molar-refractivity contribution is 6.31. The maximum Gasteiger partial charge on any atom is 0.162 e. The van der Waals surface area contributed by atoms with Crippen LogP contribution in [0.15, 0.2) is 12.1 Å². The van der Waals surface area contributed by atoms with Crippen molar-refractivity contribution in [2.24, 2.45) is 0 Å². The number of hydrogen-bond acceptors (Lipinski definition) is 4. The van der Waals surface area contributed by atoms with E-state index in [4.69, 9.17) is 21.1 Å². The summed E-state index contributed by atoms with van der Waals surface area (Å²) >= 11 is 6.24. The van der Waals surface area contributed by atoms with Gasteiger partial charge in [-0.25, -0.2) is 0 Å². The number of aliphatic hydroxyl groups is 2. The van der Waals surface area contributed by atoms with Gasteiger partial charge < -0.3 is 19.7 Å². The topological polar surface area (TPSA) is 58.9 Å². The molecule has 1 aromatic rings. The van der Waals surface area contributed by atoms with Crippen molar-refractivity contribution in [3.05, 3.63) is 22.7 Å². The zero-order valence-corrected chi connectivity index (χ0v) is 11.9. The average Bonchev–Trinajstić information content (AvgIpc) is 2.37. The standard InChI is InChI=1S/C14H19ClO4/c1-8(5-12(17)9(2)16)10-6-13-14(7-11(10)15)19-4-3-18-13/h6-9,12,16-17H,3-5H2,1-2H3. The molecule has 3 unspecified atom stereocenters. The summed E-state index contributed by atoms with van der Waals surface area (Å²) in [6.07, 6.45) is -1.07. The Balaban J connectivity index is 2.19. The van der Waals surface area contributed by atoms with Gasteiger partial charge in [0.2, 0.25) is 0 Å². The van der Waals surface area contributed by atoms with Gasteiger partial charge in [-0.05, 0) is 30.9 Å². The van der Waals surface area contributed by atoms with Crippen LogP contribution in [0.5, 0.6) is 11.5 Å². The number of benzene rings is 1. The van der Waals surface area contributed by atoms with Crippen LogP contribution in [0, 0.1) is 0 Å². The number of halogens is 1. The van der Waals surface area contributed by atoms with Crippen molar-refractivity contribution in [2.45, 2.75) is 38.4 Å². The highest BCUT2D eigenvalue weighted by Crippen LogP contribution is 2.39. The number of ether oxygens (including phenoxy) is 2. The van der Waals surface area contributed by atoms with Crippen LogP contribution in [0.4, 0.5) is 0 Å². The molecular formula is C14H19ClO4. The Morgan fingerprint density at radius 3 is 2.32 bits per heavy atom. The molecule has 1 aliphatic rings. The molecule has 1 aliphatic heterocycles. The molecule has 0 amide bonds. The minimum Gasteiger partial charge on any atom is -0.486 e. The molecular weight excluding hydrogens is 268 g/mol. The molecule has 0 bridgehead atoms. The zero-order valence-electron chi connectivity index (χ0n) is 11.1. The molecule has 0 radical (unpaired) electrons. The van der Waals surface area contributed by atoms with Gasteiger partial charge in [-0.3, -0.25) is 0 Å². The van der Waals surface area contributed by atoms with Crippen LogP contribution in [0.25, 0.3) is 0 Å². The molecule has 2 N–H and O–H groups in total. The van der Waals surface area contributed by atoms with E-state index >= 15 is 0 Å². The lowest BCUT2D eigenvalue weighted by molar-refractivity contribution is 0.0227. The molecule has 0 aliphatic carbocycles. The first-order valence-corrected chi connectivity index (χ1v) is 6.82. The van der Waals surface area contributed by atoms with Gasteiger partial charge in [0.05, 0.1) is 12.2 Å². The minimum absolute atomic E-state index is 0.0212. The lowest BCUT2D eigenvalue weighted by Gasteiger charge is -2.23. The van der Waals surface area contributed by atoms with Crippen molar-refractivity contribution in [3.8, 4) is 11.5 Å². The van der Waals surface area contributed by atoms with Gasteiger partial charge in [0.15, 0.2) is 11.5 Å². The Morgan fingerprint density at radius 2 is 1.74 bits per heavy atom. The second-order valence-corrected chi connectivity index (χ2v) is 5.37. The third kappa shape index (κ3) is 3.32. The fourth-order valence-corrected chi connectivity index (χ4v) is 2.48. The van der Waals surface area contributed by atoms with Crippen molar-refractivity contribution >= 4 is 11.6 Å². The van der Waals surface area contributed by atoms with E-state index < -0.39 is 12.2 Å². The highest BCUT2D eigenvalue weighted by atomic mass is 35.5. The van der Waals surface area contributed by atoms with Crippen LogP contribution in [-0.2, 0) is 0 Å². The van der Waals surface area contributed by atoms with E-state index in [1.807, 2.05) is 13.0 Å². The van der Waals surface area contributed by atoms with Crippen LogP contribution in [-0.4, -0.2) is 35.6 Å². The van der Waals surface area contributed by atoms with Crippen molar-refractivity contribution in [1.82, 2.24) is 0 Å². The molecule has 0 saturated heterocycles. The summed E-state index contributed by atoms with van der Waals surface area (Å²) in [4.78, 5) is 0. The second-order valence-electron chi connectivity index (χ2n) is 4.96. The van der Waals surface area contributed by atoms with Gasteiger partial charge in [-0.15, -0.1) is 0 Å². The summed E-state index contributed by atoms with van der Waals surface area (Å²) in [6, 6.07) is 3.60. The number of hydrogen-bond donors (Lipinski definition) is 2. The third-order valence-electron chi connectivity index (χ3n) is 3.34. The van der Waals surface area contributed by atoms with Crippen LogP contribution in [0.1, 0.15) is 31.7 Å². The third-order valence-corrected chi connectivity index (χ3v) is 3.67. The first kappa shape index (κ1) is 14.4. The first-order chi connectivity index (χ1) is 8.99.